The van der Waals surface area contributed by atoms with E-state index in [1.807, 2.05) is 0 Å². The molecule has 1 atom stereocenters. The predicted molar refractivity (Wildman–Crippen MR) is 38.7 cm³/mol. The Morgan fingerprint density at radius 3 is 2.56 bits per heavy atom. The summed E-state index contributed by atoms with van der Waals surface area (Å²) >= 11 is 2.21. The number of halogens is 3. The Bertz CT molecular complexity index is 75.5. The number of hydrogen-bond acceptors (Lipinski definition) is 1. The molecular weight excluding hydrogens is 213 g/mol. The first-order chi connectivity index (χ1) is 4.06. The molecule has 0 amide bonds. The van der Waals surface area contributed by atoms with Crippen molar-refractivity contribution in [2.24, 2.45) is 0 Å². The lowest BCUT2D eigenvalue weighted by Gasteiger charge is -2.06. The first kappa shape index (κ1) is 9.73. The molecule has 0 aromatic rings. The molecule has 0 fully saturated rings. The van der Waals surface area contributed by atoms with Crippen LogP contribution in [0, 0.1) is 0 Å². The van der Waals surface area contributed by atoms with Crippen molar-refractivity contribution in [2.45, 2.75) is 11.5 Å². The maximum absolute atomic E-state index is 11.9. The molecule has 0 saturated heterocycles. The van der Waals surface area contributed by atoms with Gasteiger partial charge in [0.05, 0.1) is 6.35 Å². The molecule has 0 aliphatic carbocycles. The molecule has 0 rings (SSSR count). The lowest BCUT2D eigenvalue weighted by atomic mass is 10.9. The van der Waals surface area contributed by atoms with E-state index in [1.54, 1.807) is 6.92 Å². The number of rotatable bonds is 4. The molecule has 0 aromatic heterocycles. The minimum atomic E-state index is -2.73. The summed E-state index contributed by atoms with van der Waals surface area (Å²) in [6.45, 7) is 2.27. The first-order valence-electron chi connectivity index (χ1n) is 2.45. The molecule has 0 aliphatic rings. The van der Waals surface area contributed by atoms with Crippen molar-refractivity contribution in [1.29, 1.82) is 0 Å². The van der Waals surface area contributed by atoms with Gasteiger partial charge >= 0.3 is 4.57 Å². The maximum atomic E-state index is 11.9. The van der Waals surface area contributed by atoms with Crippen LogP contribution in [0.15, 0.2) is 0 Å². The van der Waals surface area contributed by atoms with E-state index < -0.39 is 13.2 Å². The van der Waals surface area contributed by atoms with E-state index in [0.29, 0.717) is 6.61 Å². The summed E-state index contributed by atoms with van der Waals surface area (Å²) in [4.78, 5) is 0. The van der Waals surface area contributed by atoms with Gasteiger partial charge < -0.3 is 4.74 Å². The Hall–Kier alpha value is 0.730. The second-order valence-corrected chi connectivity index (χ2v) is 4.31. The fourth-order valence-corrected chi connectivity index (χ4v) is 1.05. The van der Waals surface area contributed by atoms with Crippen LogP contribution in [0.2, 0.25) is 0 Å². The fraction of sp³-hybridized carbons (Fsp3) is 1.00. The highest BCUT2D eigenvalue weighted by Crippen LogP contribution is 2.40. The van der Waals surface area contributed by atoms with Crippen molar-refractivity contribution in [1.82, 2.24) is 0 Å². The molecule has 0 spiro atoms. The Labute approximate surface area is 63.1 Å². The van der Waals surface area contributed by atoms with Gasteiger partial charge in [-0.2, -0.15) is 8.78 Å². The minimum absolute atomic E-state index is 0.134. The van der Waals surface area contributed by atoms with Crippen LogP contribution < -0.4 is 0 Å². The van der Waals surface area contributed by atoms with Crippen molar-refractivity contribution in [3.8, 4) is 0 Å². The molecule has 0 saturated carbocycles. The standard InChI is InChI=1S/C4H8BrF2OP/c1-2-8-3-9-4(5,6)7/h9H,2-3H2,1H3. The zero-order chi connectivity index (χ0) is 7.33. The van der Waals surface area contributed by atoms with Gasteiger partial charge in [-0.15, -0.1) is 0 Å². The van der Waals surface area contributed by atoms with E-state index in [0.717, 1.165) is 0 Å². The Morgan fingerprint density at radius 2 is 2.22 bits per heavy atom. The minimum Gasteiger partial charge on any atom is -0.377 e. The summed E-state index contributed by atoms with van der Waals surface area (Å²) in [5.41, 5.74) is 0. The Kier molecular flexibility index (Phi) is 4.90. The molecule has 0 heterocycles. The highest BCUT2D eigenvalue weighted by atomic mass is 79.9. The van der Waals surface area contributed by atoms with E-state index in [2.05, 4.69) is 15.9 Å². The third-order valence-electron chi connectivity index (χ3n) is 0.579. The molecule has 1 unspecified atom stereocenters. The maximum Gasteiger partial charge on any atom is 0.316 e. The average Bonchev–Trinajstić information content (AvgIpc) is 1.63. The van der Waals surface area contributed by atoms with Crippen LogP contribution in [0.1, 0.15) is 6.92 Å². The monoisotopic (exact) mass is 220 g/mol. The molecule has 0 aromatic carbocycles. The van der Waals surface area contributed by atoms with Crippen molar-refractivity contribution >= 4 is 24.5 Å². The van der Waals surface area contributed by atoms with Crippen LogP contribution in [-0.2, 0) is 4.74 Å². The summed E-state index contributed by atoms with van der Waals surface area (Å²) in [6.07, 6.45) is 0.134. The lowest BCUT2D eigenvalue weighted by Crippen LogP contribution is -1.97. The normalized spacial score (nSPS) is 13.3. The van der Waals surface area contributed by atoms with Gasteiger partial charge in [0.25, 0.3) is 0 Å². The Morgan fingerprint density at radius 1 is 1.67 bits per heavy atom. The van der Waals surface area contributed by atoms with Crippen molar-refractivity contribution in [3.63, 3.8) is 0 Å². The molecule has 0 N–H and O–H groups in total. The van der Waals surface area contributed by atoms with Crippen LogP contribution in [0.3, 0.4) is 0 Å². The summed E-state index contributed by atoms with van der Waals surface area (Å²) in [6, 6.07) is 0. The molecule has 1 nitrogen and oxygen atoms in total. The highest BCUT2D eigenvalue weighted by molar-refractivity contribution is 9.10. The van der Waals surface area contributed by atoms with Gasteiger partial charge in [-0.25, -0.2) is 0 Å². The largest absolute Gasteiger partial charge is 0.377 e. The van der Waals surface area contributed by atoms with E-state index >= 15 is 0 Å². The van der Waals surface area contributed by atoms with Gasteiger partial charge in [0.1, 0.15) is 0 Å². The van der Waals surface area contributed by atoms with E-state index in [-0.39, 0.29) is 6.35 Å². The van der Waals surface area contributed by atoms with Crippen LogP contribution in [-0.4, -0.2) is 17.5 Å². The summed E-state index contributed by atoms with van der Waals surface area (Å²) in [7, 11) is -0.490. The van der Waals surface area contributed by atoms with Gasteiger partial charge in [0.2, 0.25) is 0 Å². The number of alkyl halides is 3. The second kappa shape index (κ2) is 4.53. The Balaban J connectivity index is 3.07. The van der Waals surface area contributed by atoms with Crippen molar-refractivity contribution in [3.05, 3.63) is 0 Å². The molecule has 56 valence electrons. The molecule has 0 bridgehead atoms. The average molecular weight is 221 g/mol. The third kappa shape index (κ3) is 8.73. The highest BCUT2D eigenvalue weighted by Gasteiger charge is 2.22. The van der Waals surface area contributed by atoms with Gasteiger partial charge in [-0.1, -0.05) is 0 Å². The van der Waals surface area contributed by atoms with Crippen LogP contribution >= 0.6 is 24.5 Å². The molecule has 9 heavy (non-hydrogen) atoms. The fourth-order valence-electron chi connectivity index (χ4n) is 0.235. The molecule has 0 radical (unpaired) electrons. The number of ether oxygens (including phenoxy) is 1. The van der Waals surface area contributed by atoms with Gasteiger partial charge in [0.15, 0.2) is 0 Å². The summed E-state index contributed by atoms with van der Waals surface area (Å²) in [5, 5.41) is 0. The first-order valence-corrected chi connectivity index (χ1v) is 4.46. The van der Waals surface area contributed by atoms with Gasteiger partial charge in [0, 0.05) is 6.61 Å². The topological polar surface area (TPSA) is 9.23 Å². The van der Waals surface area contributed by atoms with E-state index in [4.69, 9.17) is 4.74 Å². The van der Waals surface area contributed by atoms with Gasteiger partial charge in [-0.05, 0) is 31.4 Å². The molecule has 0 aliphatic heterocycles. The SMILES string of the molecule is CCOCPC(F)(F)Br. The quantitative estimate of drug-likeness (QED) is 0.402. The van der Waals surface area contributed by atoms with Crippen molar-refractivity contribution in [2.75, 3.05) is 13.0 Å². The predicted octanol–water partition coefficient (Wildman–Crippen LogP) is 2.60. The second-order valence-electron chi connectivity index (χ2n) is 1.31. The van der Waals surface area contributed by atoms with E-state index in [9.17, 15) is 8.78 Å². The van der Waals surface area contributed by atoms with Gasteiger partial charge in [-0.3, -0.25) is 0 Å². The van der Waals surface area contributed by atoms with Crippen LogP contribution in [0.5, 0.6) is 0 Å². The summed E-state index contributed by atoms with van der Waals surface area (Å²) in [5.74, 6) is 0. The lowest BCUT2D eigenvalue weighted by molar-refractivity contribution is 0.179. The zero-order valence-electron chi connectivity index (χ0n) is 4.96. The zero-order valence-corrected chi connectivity index (χ0v) is 7.54. The van der Waals surface area contributed by atoms with Crippen LogP contribution in [0.25, 0.3) is 0 Å². The van der Waals surface area contributed by atoms with Crippen LogP contribution in [0.4, 0.5) is 8.78 Å². The number of hydrogen-bond donors (Lipinski definition) is 0. The third-order valence-corrected chi connectivity index (χ3v) is 2.17. The van der Waals surface area contributed by atoms with Crippen molar-refractivity contribution < 1.29 is 13.5 Å². The summed E-state index contributed by atoms with van der Waals surface area (Å²) < 4.78 is 25.8. The molecular formula is C4H8BrF2OP. The molecule has 5 heteroatoms. The van der Waals surface area contributed by atoms with E-state index in [1.165, 1.54) is 0 Å². The smallest absolute Gasteiger partial charge is 0.316 e.